The highest BCUT2D eigenvalue weighted by molar-refractivity contribution is 7.09. The van der Waals surface area contributed by atoms with E-state index in [4.69, 9.17) is 0 Å². The first kappa shape index (κ1) is 12.8. The minimum Gasteiger partial charge on any atom is -0.478 e. The van der Waals surface area contributed by atoms with Crippen molar-refractivity contribution >= 4 is 28.3 Å². The van der Waals surface area contributed by atoms with Crippen LogP contribution in [0.15, 0.2) is 23.6 Å². The van der Waals surface area contributed by atoms with Crippen molar-refractivity contribution in [2.24, 2.45) is 0 Å². The fraction of sp³-hybridized carbons (Fsp3) is 0.214. The number of aromatic nitrogens is 3. The zero-order valence-corrected chi connectivity index (χ0v) is 11.9. The number of carboxylic acids is 1. The zero-order chi connectivity index (χ0) is 14.3. The van der Waals surface area contributed by atoms with Crippen LogP contribution in [0, 0.1) is 13.8 Å². The molecule has 0 aliphatic heterocycles. The van der Waals surface area contributed by atoms with Gasteiger partial charge in [0, 0.05) is 11.1 Å². The number of imidazole rings is 1. The second-order valence-corrected chi connectivity index (χ2v) is 5.55. The molecule has 0 bridgehead atoms. The number of hydrogen-bond acceptors (Lipinski definition) is 4. The number of para-hydroxylation sites is 1. The third-order valence-electron chi connectivity index (χ3n) is 3.16. The van der Waals surface area contributed by atoms with E-state index >= 15 is 0 Å². The fourth-order valence-electron chi connectivity index (χ4n) is 2.25. The van der Waals surface area contributed by atoms with Crippen LogP contribution < -0.4 is 0 Å². The summed E-state index contributed by atoms with van der Waals surface area (Å²) < 4.78 is 2.00. The van der Waals surface area contributed by atoms with Crippen LogP contribution in [0.1, 0.15) is 26.9 Å². The first-order valence-corrected chi connectivity index (χ1v) is 7.04. The third kappa shape index (κ3) is 2.08. The predicted molar refractivity (Wildman–Crippen MR) is 77.4 cm³/mol. The number of carbonyl (C=O) groups is 1. The van der Waals surface area contributed by atoms with E-state index in [1.165, 1.54) is 0 Å². The number of benzene rings is 1. The molecule has 0 radical (unpaired) electrons. The quantitative estimate of drug-likeness (QED) is 0.804. The molecule has 0 fully saturated rings. The van der Waals surface area contributed by atoms with Gasteiger partial charge in [-0.05, 0) is 26.0 Å². The molecule has 6 heteroatoms. The van der Waals surface area contributed by atoms with E-state index < -0.39 is 5.97 Å². The van der Waals surface area contributed by atoms with E-state index in [0.717, 1.165) is 22.0 Å². The number of thiazole rings is 1. The van der Waals surface area contributed by atoms with Crippen LogP contribution in [0.5, 0.6) is 0 Å². The summed E-state index contributed by atoms with van der Waals surface area (Å²) >= 11 is 1.60. The van der Waals surface area contributed by atoms with E-state index in [0.29, 0.717) is 12.1 Å². The summed E-state index contributed by atoms with van der Waals surface area (Å²) in [6.07, 6.45) is 0. The molecular weight excluding hydrogens is 274 g/mol. The lowest BCUT2D eigenvalue weighted by Gasteiger charge is -2.04. The van der Waals surface area contributed by atoms with Crippen molar-refractivity contribution in [3.05, 3.63) is 45.7 Å². The Bertz CT molecular complexity index is 804. The van der Waals surface area contributed by atoms with Crippen LogP contribution in [0.3, 0.4) is 0 Å². The largest absolute Gasteiger partial charge is 0.478 e. The van der Waals surface area contributed by atoms with Crippen LogP contribution in [-0.4, -0.2) is 25.6 Å². The first-order valence-electron chi connectivity index (χ1n) is 6.16. The molecular formula is C14H13N3O2S. The average molecular weight is 287 g/mol. The number of hydrogen-bond donors (Lipinski definition) is 1. The monoisotopic (exact) mass is 287 g/mol. The van der Waals surface area contributed by atoms with Crippen LogP contribution in [0.25, 0.3) is 11.0 Å². The van der Waals surface area contributed by atoms with Crippen molar-refractivity contribution in [3.63, 3.8) is 0 Å². The predicted octanol–water partition coefficient (Wildman–Crippen LogP) is 2.86. The molecule has 0 saturated heterocycles. The zero-order valence-electron chi connectivity index (χ0n) is 11.1. The lowest BCUT2D eigenvalue weighted by molar-refractivity contribution is 0.0699. The number of aromatic carboxylic acids is 1. The summed E-state index contributed by atoms with van der Waals surface area (Å²) in [5, 5.41) is 12.2. The van der Waals surface area contributed by atoms with Crippen molar-refractivity contribution in [1.29, 1.82) is 0 Å². The van der Waals surface area contributed by atoms with Crippen LogP contribution >= 0.6 is 11.3 Å². The number of carboxylic acid groups (broad SMARTS) is 1. The molecule has 0 spiro atoms. The Morgan fingerprint density at radius 2 is 2.15 bits per heavy atom. The molecule has 0 amide bonds. The molecule has 5 nitrogen and oxygen atoms in total. The highest BCUT2D eigenvalue weighted by Gasteiger charge is 2.15. The second kappa shape index (κ2) is 4.72. The normalized spacial score (nSPS) is 11.1. The van der Waals surface area contributed by atoms with Crippen molar-refractivity contribution in [1.82, 2.24) is 14.5 Å². The molecule has 0 aliphatic rings. The molecule has 3 aromatic rings. The molecule has 3 rings (SSSR count). The molecule has 0 atom stereocenters. The van der Waals surface area contributed by atoms with Gasteiger partial charge in [-0.25, -0.2) is 14.8 Å². The molecule has 1 N–H and O–H groups in total. The maximum absolute atomic E-state index is 11.2. The molecule has 0 aliphatic carbocycles. The standard InChI is InChI=1S/C14H13N3O2S/c1-8-7-20-12(15-8)6-17-9(2)16-13-10(14(18)19)4-3-5-11(13)17/h3-5,7H,6H2,1-2H3,(H,18,19). The third-order valence-corrected chi connectivity index (χ3v) is 4.11. The SMILES string of the molecule is Cc1csc(Cn2c(C)nc3c(C(=O)O)cccc32)n1. The van der Waals surface area contributed by atoms with Gasteiger partial charge in [0.05, 0.1) is 17.6 Å². The molecule has 1 aromatic carbocycles. The molecule has 2 heterocycles. The Morgan fingerprint density at radius 3 is 2.80 bits per heavy atom. The van der Waals surface area contributed by atoms with Crippen LogP contribution in [-0.2, 0) is 6.54 Å². The van der Waals surface area contributed by atoms with Gasteiger partial charge in [-0.2, -0.15) is 0 Å². The molecule has 2 aromatic heterocycles. The summed E-state index contributed by atoms with van der Waals surface area (Å²) in [5.41, 5.74) is 2.60. The van der Waals surface area contributed by atoms with Gasteiger partial charge in [0.25, 0.3) is 0 Å². The van der Waals surface area contributed by atoms with Gasteiger partial charge >= 0.3 is 5.97 Å². The maximum Gasteiger partial charge on any atom is 0.337 e. The summed E-state index contributed by atoms with van der Waals surface area (Å²) in [5.74, 6) is -0.160. The molecule has 102 valence electrons. The number of aryl methyl sites for hydroxylation is 2. The van der Waals surface area contributed by atoms with E-state index in [-0.39, 0.29) is 5.56 Å². The van der Waals surface area contributed by atoms with E-state index in [1.807, 2.05) is 29.9 Å². The highest BCUT2D eigenvalue weighted by Crippen LogP contribution is 2.22. The average Bonchev–Trinajstić information content (AvgIpc) is 2.94. The summed E-state index contributed by atoms with van der Waals surface area (Å²) in [4.78, 5) is 20.1. The van der Waals surface area contributed by atoms with Gasteiger partial charge in [0.2, 0.25) is 0 Å². The van der Waals surface area contributed by atoms with E-state index in [2.05, 4.69) is 9.97 Å². The van der Waals surface area contributed by atoms with Crippen LogP contribution in [0.4, 0.5) is 0 Å². The molecule has 0 unspecified atom stereocenters. The smallest absolute Gasteiger partial charge is 0.337 e. The summed E-state index contributed by atoms with van der Waals surface area (Å²) in [6, 6.07) is 5.22. The Labute approximate surface area is 119 Å². The maximum atomic E-state index is 11.2. The van der Waals surface area contributed by atoms with E-state index in [1.54, 1.807) is 23.5 Å². The first-order chi connectivity index (χ1) is 9.56. The van der Waals surface area contributed by atoms with Crippen molar-refractivity contribution in [2.45, 2.75) is 20.4 Å². The summed E-state index contributed by atoms with van der Waals surface area (Å²) in [7, 11) is 0. The van der Waals surface area contributed by atoms with Crippen molar-refractivity contribution in [2.75, 3.05) is 0 Å². The number of fused-ring (bicyclic) bond motifs is 1. The fourth-order valence-corrected chi connectivity index (χ4v) is 3.01. The minimum atomic E-state index is -0.953. The molecule has 20 heavy (non-hydrogen) atoms. The van der Waals surface area contributed by atoms with Crippen molar-refractivity contribution < 1.29 is 9.90 Å². The van der Waals surface area contributed by atoms with Gasteiger partial charge in [-0.1, -0.05) is 6.07 Å². The number of rotatable bonds is 3. The van der Waals surface area contributed by atoms with Gasteiger partial charge in [-0.3, -0.25) is 0 Å². The Hall–Kier alpha value is -2.21. The Balaban J connectivity index is 2.14. The van der Waals surface area contributed by atoms with Gasteiger partial charge in [0.1, 0.15) is 16.3 Å². The van der Waals surface area contributed by atoms with Crippen molar-refractivity contribution in [3.8, 4) is 0 Å². The van der Waals surface area contributed by atoms with Gasteiger partial charge < -0.3 is 9.67 Å². The topological polar surface area (TPSA) is 68.0 Å². The Kier molecular flexibility index (Phi) is 3.02. The lowest BCUT2D eigenvalue weighted by Crippen LogP contribution is -2.02. The van der Waals surface area contributed by atoms with Gasteiger partial charge in [0.15, 0.2) is 0 Å². The van der Waals surface area contributed by atoms with E-state index in [9.17, 15) is 9.90 Å². The highest BCUT2D eigenvalue weighted by atomic mass is 32.1. The summed E-state index contributed by atoms with van der Waals surface area (Å²) in [6.45, 7) is 4.46. The molecule has 0 saturated carbocycles. The van der Waals surface area contributed by atoms with Crippen LogP contribution in [0.2, 0.25) is 0 Å². The minimum absolute atomic E-state index is 0.236. The Morgan fingerprint density at radius 1 is 1.35 bits per heavy atom. The number of nitrogens with zero attached hydrogens (tertiary/aromatic N) is 3. The van der Waals surface area contributed by atoms with Gasteiger partial charge in [-0.15, -0.1) is 11.3 Å². The lowest BCUT2D eigenvalue weighted by atomic mass is 10.2. The second-order valence-electron chi connectivity index (χ2n) is 4.61.